The average Bonchev–Trinajstić information content (AvgIpc) is 2.80. The van der Waals surface area contributed by atoms with E-state index in [4.69, 9.17) is 0 Å². The highest BCUT2D eigenvalue weighted by atomic mass is 16.2. The largest absolute Gasteiger partial charge is 0.339 e. The molecule has 3 aliphatic heterocycles. The topological polar surface area (TPSA) is 52.7 Å². The fraction of sp³-hybridized carbons (Fsp3) is 0.846. The molecule has 0 bridgehead atoms. The molecule has 0 spiro atoms. The minimum atomic E-state index is 0.155. The number of amides is 2. The summed E-state index contributed by atoms with van der Waals surface area (Å²) in [5.74, 6) is 0.718. The molecule has 0 aromatic heterocycles. The van der Waals surface area contributed by atoms with E-state index in [9.17, 15) is 9.59 Å². The number of hydrogen-bond donors (Lipinski definition) is 1. The van der Waals surface area contributed by atoms with E-state index < -0.39 is 0 Å². The molecule has 0 aromatic carbocycles. The molecule has 18 heavy (non-hydrogen) atoms. The van der Waals surface area contributed by atoms with Gasteiger partial charge in [0, 0.05) is 38.6 Å². The number of piperidine rings is 1. The zero-order chi connectivity index (χ0) is 12.5. The smallest absolute Gasteiger partial charge is 0.227 e. The first-order valence-electron chi connectivity index (χ1n) is 7.04. The van der Waals surface area contributed by atoms with Crippen LogP contribution in [0.2, 0.25) is 0 Å². The number of rotatable bonds is 1. The monoisotopic (exact) mass is 251 g/mol. The van der Waals surface area contributed by atoms with Gasteiger partial charge in [0.15, 0.2) is 0 Å². The Labute approximate surface area is 107 Å². The van der Waals surface area contributed by atoms with Crippen LogP contribution >= 0.6 is 0 Å². The average molecular weight is 251 g/mol. The Hall–Kier alpha value is -1.10. The van der Waals surface area contributed by atoms with Crippen molar-refractivity contribution in [1.82, 2.24) is 15.1 Å². The summed E-state index contributed by atoms with van der Waals surface area (Å²) in [6, 6.07) is 0.284. The van der Waals surface area contributed by atoms with Gasteiger partial charge in [-0.2, -0.15) is 0 Å². The fourth-order valence-corrected chi connectivity index (χ4v) is 3.39. The van der Waals surface area contributed by atoms with Crippen molar-refractivity contribution in [2.45, 2.75) is 31.7 Å². The number of piperazine rings is 1. The highest BCUT2D eigenvalue weighted by Gasteiger charge is 2.38. The highest BCUT2D eigenvalue weighted by Crippen LogP contribution is 2.24. The molecule has 5 heteroatoms. The van der Waals surface area contributed by atoms with Crippen molar-refractivity contribution in [2.24, 2.45) is 5.92 Å². The molecule has 0 saturated carbocycles. The Bertz CT molecular complexity index is 352. The van der Waals surface area contributed by atoms with E-state index in [1.54, 1.807) is 0 Å². The number of carbonyl (C=O) groups is 2. The first-order chi connectivity index (χ1) is 8.75. The van der Waals surface area contributed by atoms with Crippen LogP contribution in [0.4, 0.5) is 0 Å². The van der Waals surface area contributed by atoms with E-state index in [2.05, 4.69) is 5.32 Å². The van der Waals surface area contributed by atoms with Crippen molar-refractivity contribution in [2.75, 3.05) is 32.7 Å². The van der Waals surface area contributed by atoms with Crippen LogP contribution < -0.4 is 5.32 Å². The van der Waals surface area contributed by atoms with Crippen molar-refractivity contribution in [3.63, 3.8) is 0 Å². The van der Waals surface area contributed by atoms with Gasteiger partial charge in [0.2, 0.25) is 11.8 Å². The van der Waals surface area contributed by atoms with Crippen LogP contribution in [0.15, 0.2) is 0 Å². The highest BCUT2D eigenvalue weighted by molar-refractivity contribution is 5.81. The number of hydrogen-bond acceptors (Lipinski definition) is 3. The Morgan fingerprint density at radius 1 is 1.28 bits per heavy atom. The SMILES string of the molecule is O=C([C@@H]1CCCNC1)N1CCN2C(=O)CCC2C1. The lowest BCUT2D eigenvalue weighted by Crippen LogP contribution is -2.55. The maximum Gasteiger partial charge on any atom is 0.227 e. The van der Waals surface area contributed by atoms with E-state index in [-0.39, 0.29) is 17.9 Å². The van der Waals surface area contributed by atoms with Crippen LogP contribution in [0.25, 0.3) is 0 Å². The van der Waals surface area contributed by atoms with Crippen molar-refractivity contribution in [1.29, 1.82) is 0 Å². The normalized spacial score (nSPS) is 32.6. The van der Waals surface area contributed by atoms with Gasteiger partial charge in [-0.25, -0.2) is 0 Å². The molecule has 3 aliphatic rings. The maximum atomic E-state index is 12.4. The summed E-state index contributed by atoms with van der Waals surface area (Å²) >= 11 is 0. The van der Waals surface area contributed by atoms with E-state index in [0.717, 1.165) is 52.0 Å². The minimum absolute atomic E-state index is 0.155. The predicted molar refractivity (Wildman–Crippen MR) is 66.9 cm³/mol. The van der Waals surface area contributed by atoms with Crippen LogP contribution in [-0.4, -0.2) is 60.4 Å². The second-order valence-corrected chi connectivity index (χ2v) is 5.61. The molecule has 100 valence electrons. The third kappa shape index (κ3) is 2.11. The zero-order valence-corrected chi connectivity index (χ0v) is 10.7. The second-order valence-electron chi connectivity index (χ2n) is 5.61. The molecule has 2 atom stereocenters. The third-order valence-corrected chi connectivity index (χ3v) is 4.45. The lowest BCUT2D eigenvalue weighted by molar-refractivity contribution is -0.142. The van der Waals surface area contributed by atoms with E-state index in [0.29, 0.717) is 12.3 Å². The molecular weight excluding hydrogens is 230 g/mol. The summed E-state index contributed by atoms with van der Waals surface area (Å²) in [5, 5.41) is 3.30. The summed E-state index contributed by atoms with van der Waals surface area (Å²) in [6.07, 6.45) is 3.69. The fourth-order valence-electron chi connectivity index (χ4n) is 3.39. The molecule has 0 radical (unpaired) electrons. The van der Waals surface area contributed by atoms with Crippen LogP contribution in [0, 0.1) is 5.92 Å². The van der Waals surface area contributed by atoms with Gasteiger partial charge in [0.05, 0.1) is 5.92 Å². The lowest BCUT2D eigenvalue weighted by atomic mass is 9.97. The molecular formula is C13H21N3O2. The van der Waals surface area contributed by atoms with Gasteiger partial charge in [-0.3, -0.25) is 9.59 Å². The summed E-state index contributed by atoms with van der Waals surface area (Å²) in [4.78, 5) is 27.9. The van der Waals surface area contributed by atoms with Crippen LogP contribution in [0.1, 0.15) is 25.7 Å². The van der Waals surface area contributed by atoms with Crippen molar-refractivity contribution >= 4 is 11.8 Å². The Morgan fingerprint density at radius 3 is 2.94 bits per heavy atom. The molecule has 3 heterocycles. The number of fused-ring (bicyclic) bond motifs is 1. The molecule has 0 aromatic rings. The summed E-state index contributed by atoms with van der Waals surface area (Å²) in [5.41, 5.74) is 0. The van der Waals surface area contributed by atoms with Crippen molar-refractivity contribution < 1.29 is 9.59 Å². The van der Waals surface area contributed by atoms with Gasteiger partial charge in [-0.15, -0.1) is 0 Å². The maximum absolute atomic E-state index is 12.4. The molecule has 3 fully saturated rings. The molecule has 3 saturated heterocycles. The van der Waals surface area contributed by atoms with Gasteiger partial charge in [-0.05, 0) is 25.8 Å². The quantitative estimate of drug-likeness (QED) is 0.703. The third-order valence-electron chi connectivity index (χ3n) is 4.45. The van der Waals surface area contributed by atoms with Gasteiger partial charge in [0.25, 0.3) is 0 Å². The van der Waals surface area contributed by atoms with E-state index in [1.165, 1.54) is 0 Å². The minimum Gasteiger partial charge on any atom is -0.339 e. The van der Waals surface area contributed by atoms with Crippen molar-refractivity contribution in [3.05, 3.63) is 0 Å². The van der Waals surface area contributed by atoms with Crippen LogP contribution in [-0.2, 0) is 9.59 Å². The van der Waals surface area contributed by atoms with E-state index >= 15 is 0 Å². The van der Waals surface area contributed by atoms with Gasteiger partial charge in [-0.1, -0.05) is 0 Å². The Kier molecular flexibility index (Phi) is 3.24. The van der Waals surface area contributed by atoms with Gasteiger partial charge in [0.1, 0.15) is 0 Å². The first kappa shape index (κ1) is 12.0. The summed E-state index contributed by atoms with van der Waals surface area (Å²) in [6.45, 7) is 4.06. The first-order valence-corrected chi connectivity index (χ1v) is 7.04. The van der Waals surface area contributed by atoms with Crippen LogP contribution in [0.5, 0.6) is 0 Å². The summed E-state index contributed by atoms with van der Waals surface area (Å²) in [7, 11) is 0. The predicted octanol–water partition coefficient (Wildman–Crippen LogP) is -0.181. The number of carbonyl (C=O) groups excluding carboxylic acids is 2. The molecule has 0 aliphatic carbocycles. The molecule has 2 amide bonds. The van der Waals surface area contributed by atoms with E-state index in [1.807, 2.05) is 9.80 Å². The van der Waals surface area contributed by atoms with Gasteiger partial charge >= 0.3 is 0 Å². The van der Waals surface area contributed by atoms with Crippen molar-refractivity contribution in [3.8, 4) is 0 Å². The number of nitrogens with zero attached hydrogens (tertiary/aromatic N) is 2. The lowest BCUT2D eigenvalue weighted by Gasteiger charge is -2.39. The number of nitrogens with one attached hydrogen (secondary N) is 1. The molecule has 5 nitrogen and oxygen atoms in total. The Morgan fingerprint density at radius 2 is 2.17 bits per heavy atom. The van der Waals surface area contributed by atoms with Crippen LogP contribution in [0.3, 0.4) is 0 Å². The molecule has 1 unspecified atom stereocenters. The second kappa shape index (κ2) is 4.88. The molecule has 3 rings (SSSR count). The standard InChI is InChI=1S/C13H21N3O2/c17-12-4-3-11-9-15(6-7-16(11)12)13(18)10-2-1-5-14-8-10/h10-11,14H,1-9H2/t10-,11?/m1/s1. The summed E-state index contributed by atoms with van der Waals surface area (Å²) < 4.78 is 0. The zero-order valence-electron chi connectivity index (χ0n) is 10.7. The Balaban J connectivity index is 1.60. The molecule has 1 N–H and O–H groups in total. The van der Waals surface area contributed by atoms with Gasteiger partial charge < -0.3 is 15.1 Å².